The van der Waals surface area contributed by atoms with Gasteiger partial charge in [-0.3, -0.25) is 0 Å². The molecule has 4 atom stereocenters. The van der Waals surface area contributed by atoms with Crippen LogP contribution < -0.4 is 5.73 Å². The number of rotatable bonds is 1. The van der Waals surface area contributed by atoms with E-state index < -0.39 is 0 Å². The number of fused-ring (bicyclic) bond motifs is 5. The molecule has 0 spiro atoms. The SMILES string of the molecule is NC1(CO)CC2C3C=CC(C3)C2C1. The fraction of sp³-hybridized carbons (Fsp3) is 0.818. The van der Waals surface area contributed by atoms with Crippen LogP contribution in [0.15, 0.2) is 12.2 Å². The number of aliphatic hydroxyl groups excluding tert-OH is 1. The molecular weight excluding hydrogens is 162 g/mol. The molecule has 0 radical (unpaired) electrons. The van der Waals surface area contributed by atoms with Crippen LogP contribution in [0.1, 0.15) is 19.3 Å². The third-order valence-corrected chi connectivity index (χ3v) is 4.40. The summed E-state index contributed by atoms with van der Waals surface area (Å²) in [6, 6.07) is 0. The van der Waals surface area contributed by atoms with Crippen LogP contribution in [-0.4, -0.2) is 17.3 Å². The molecule has 2 bridgehead atoms. The Morgan fingerprint density at radius 2 is 1.77 bits per heavy atom. The molecular formula is C11H17NO. The Morgan fingerprint density at radius 3 is 2.23 bits per heavy atom. The summed E-state index contributed by atoms with van der Waals surface area (Å²) >= 11 is 0. The van der Waals surface area contributed by atoms with Gasteiger partial charge in [0.15, 0.2) is 0 Å². The molecule has 0 aromatic carbocycles. The van der Waals surface area contributed by atoms with Crippen molar-refractivity contribution in [2.24, 2.45) is 29.4 Å². The fourth-order valence-electron chi connectivity index (χ4n) is 3.78. The summed E-state index contributed by atoms with van der Waals surface area (Å²) < 4.78 is 0. The van der Waals surface area contributed by atoms with Gasteiger partial charge in [0.25, 0.3) is 0 Å². The van der Waals surface area contributed by atoms with Gasteiger partial charge in [0, 0.05) is 5.54 Å². The lowest BCUT2D eigenvalue weighted by atomic mass is 9.86. The predicted molar refractivity (Wildman–Crippen MR) is 51.0 cm³/mol. The molecule has 0 aliphatic heterocycles. The first-order valence-corrected chi connectivity index (χ1v) is 5.30. The summed E-state index contributed by atoms with van der Waals surface area (Å²) in [5.74, 6) is 3.14. The van der Waals surface area contributed by atoms with Gasteiger partial charge in [-0.1, -0.05) is 12.2 Å². The molecule has 2 nitrogen and oxygen atoms in total. The average Bonchev–Trinajstić information content (AvgIpc) is 2.73. The van der Waals surface area contributed by atoms with E-state index in [9.17, 15) is 5.11 Å². The van der Waals surface area contributed by atoms with Crippen molar-refractivity contribution in [3.8, 4) is 0 Å². The molecule has 13 heavy (non-hydrogen) atoms. The van der Waals surface area contributed by atoms with E-state index in [1.165, 1.54) is 6.42 Å². The van der Waals surface area contributed by atoms with Crippen LogP contribution in [0.25, 0.3) is 0 Å². The molecule has 2 fully saturated rings. The summed E-state index contributed by atoms with van der Waals surface area (Å²) in [5, 5.41) is 9.23. The molecule has 0 heterocycles. The lowest BCUT2D eigenvalue weighted by Gasteiger charge is -2.22. The minimum absolute atomic E-state index is 0.166. The van der Waals surface area contributed by atoms with Crippen LogP contribution in [0.5, 0.6) is 0 Å². The maximum Gasteiger partial charge on any atom is 0.0611 e. The summed E-state index contributed by atoms with van der Waals surface area (Å²) in [5.41, 5.74) is 5.87. The predicted octanol–water partition coefficient (Wildman–Crippen LogP) is 0.908. The summed E-state index contributed by atoms with van der Waals surface area (Å²) in [4.78, 5) is 0. The Labute approximate surface area is 78.8 Å². The van der Waals surface area contributed by atoms with Gasteiger partial charge in [-0.15, -0.1) is 0 Å². The molecule has 3 rings (SSSR count). The molecule has 0 saturated heterocycles. The van der Waals surface area contributed by atoms with Gasteiger partial charge in [-0.05, 0) is 42.9 Å². The molecule has 2 saturated carbocycles. The van der Waals surface area contributed by atoms with Crippen molar-refractivity contribution in [1.29, 1.82) is 0 Å². The number of hydrogen-bond acceptors (Lipinski definition) is 2. The van der Waals surface area contributed by atoms with Crippen molar-refractivity contribution >= 4 is 0 Å². The number of aliphatic hydroxyl groups is 1. The van der Waals surface area contributed by atoms with Crippen molar-refractivity contribution in [2.45, 2.75) is 24.8 Å². The first-order valence-electron chi connectivity index (χ1n) is 5.30. The third-order valence-electron chi connectivity index (χ3n) is 4.40. The molecule has 3 aliphatic rings. The van der Waals surface area contributed by atoms with Crippen LogP contribution in [0.4, 0.5) is 0 Å². The van der Waals surface area contributed by atoms with E-state index in [0.717, 1.165) is 36.5 Å². The van der Waals surface area contributed by atoms with E-state index in [2.05, 4.69) is 12.2 Å². The molecule has 0 amide bonds. The quantitative estimate of drug-likeness (QED) is 0.588. The van der Waals surface area contributed by atoms with E-state index >= 15 is 0 Å². The van der Waals surface area contributed by atoms with Crippen LogP contribution >= 0.6 is 0 Å². The topological polar surface area (TPSA) is 46.2 Å². The zero-order valence-corrected chi connectivity index (χ0v) is 7.82. The normalized spacial score (nSPS) is 57.4. The number of allylic oxidation sites excluding steroid dienone is 2. The van der Waals surface area contributed by atoms with Gasteiger partial charge in [-0.2, -0.15) is 0 Å². The Morgan fingerprint density at radius 1 is 1.23 bits per heavy atom. The van der Waals surface area contributed by atoms with Crippen molar-refractivity contribution < 1.29 is 5.11 Å². The van der Waals surface area contributed by atoms with E-state index in [1.54, 1.807) is 0 Å². The van der Waals surface area contributed by atoms with Gasteiger partial charge in [0.2, 0.25) is 0 Å². The number of hydrogen-bond donors (Lipinski definition) is 2. The minimum atomic E-state index is -0.252. The van der Waals surface area contributed by atoms with Gasteiger partial charge >= 0.3 is 0 Å². The van der Waals surface area contributed by atoms with Gasteiger partial charge in [0.05, 0.1) is 6.61 Å². The van der Waals surface area contributed by atoms with Gasteiger partial charge < -0.3 is 10.8 Å². The lowest BCUT2D eigenvalue weighted by molar-refractivity contribution is 0.188. The highest BCUT2D eigenvalue weighted by Gasteiger charge is 2.53. The highest BCUT2D eigenvalue weighted by Crippen LogP contribution is 2.57. The molecule has 72 valence electrons. The van der Waals surface area contributed by atoms with Crippen LogP contribution in [0, 0.1) is 23.7 Å². The average molecular weight is 179 g/mol. The molecule has 3 aliphatic carbocycles. The molecule has 3 N–H and O–H groups in total. The van der Waals surface area contributed by atoms with Gasteiger partial charge in [-0.25, -0.2) is 0 Å². The fourth-order valence-corrected chi connectivity index (χ4v) is 3.78. The zero-order chi connectivity index (χ0) is 9.05. The highest BCUT2D eigenvalue weighted by molar-refractivity contribution is 5.18. The van der Waals surface area contributed by atoms with E-state index in [-0.39, 0.29) is 12.1 Å². The van der Waals surface area contributed by atoms with Crippen molar-refractivity contribution in [3.05, 3.63) is 12.2 Å². The van der Waals surface area contributed by atoms with E-state index in [4.69, 9.17) is 5.73 Å². The van der Waals surface area contributed by atoms with E-state index in [0.29, 0.717) is 0 Å². The first kappa shape index (κ1) is 8.01. The standard InChI is InChI=1S/C11H17NO/c12-11(6-13)4-9-7-1-2-8(3-7)10(9)5-11/h1-2,7-10,13H,3-6,12H2. The second-order valence-electron chi connectivity index (χ2n) is 5.20. The zero-order valence-electron chi connectivity index (χ0n) is 7.82. The van der Waals surface area contributed by atoms with Crippen molar-refractivity contribution in [3.63, 3.8) is 0 Å². The smallest absolute Gasteiger partial charge is 0.0611 e. The molecule has 4 unspecified atom stereocenters. The highest BCUT2D eigenvalue weighted by atomic mass is 16.3. The summed E-state index contributed by atoms with van der Waals surface area (Å²) in [7, 11) is 0. The second-order valence-corrected chi connectivity index (χ2v) is 5.20. The summed E-state index contributed by atoms with van der Waals surface area (Å²) in [6.45, 7) is 0.166. The van der Waals surface area contributed by atoms with Crippen molar-refractivity contribution in [2.75, 3.05) is 6.61 Å². The van der Waals surface area contributed by atoms with Crippen LogP contribution in [0.3, 0.4) is 0 Å². The van der Waals surface area contributed by atoms with Crippen LogP contribution in [-0.2, 0) is 0 Å². The monoisotopic (exact) mass is 179 g/mol. The minimum Gasteiger partial charge on any atom is -0.394 e. The van der Waals surface area contributed by atoms with Crippen LogP contribution in [0.2, 0.25) is 0 Å². The van der Waals surface area contributed by atoms with Crippen molar-refractivity contribution in [1.82, 2.24) is 0 Å². The Kier molecular flexibility index (Phi) is 1.46. The second kappa shape index (κ2) is 2.37. The summed E-state index contributed by atoms with van der Waals surface area (Å²) in [6.07, 6.45) is 8.18. The third kappa shape index (κ3) is 0.960. The largest absolute Gasteiger partial charge is 0.394 e. The molecule has 0 aromatic rings. The first-order chi connectivity index (χ1) is 6.22. The Balaban J connectivity index is 1.86. The molecule has 2 heteroatoms. The Hall–Kier alpha value is -0.340. The maximum absolute atomic E-state index is 9.23. The number of nitrogens with two attached hydrogens (primary N) is 1. The maximum atomic E-state index is 9.23. The molecule has 0 aromatic heterocycles. The Bertz CT molecular complexity index is 241. The lowest BCUT2D eigenvalue weighted by Crippen LogP contribution is -2.41. The van der Waals surface area contributed by atoms with E-state index in [1.807, 2.05) is 0 Å². The van der Waals surface area contributed by atoms with Gasteiger partial charge in [0.1, 0.15) is 0 Å².